The van der Waals surface area contributed by atoms with Crippen LogP contribution in [0.1, 0.15) is 77.5 Å². The van der Waals surface area contributed by atoms with E-state index in [4.69, 9.17) is 9.47 Å². The van der Waals surface area contributed by atoms with Crippen molar-refractivity contribution in [2.24, 2.45) is 17.3 Å². The topological polar surface area (TPSA) is 135 Å². The highest BCUT2D eigenvalue weighted by molar-refractivity contribution is 5.89. The summed E-state index contributed by atoms with van der Waals surface area (Å²) < 4.78 is 43.4. The largest absolute Gasteiger partial charge is 0.471 e. The first-order valence-electron chi connectivity index (χ1n) is 14.9. The SMILES string of the molecule is CC[C@@H]1[C@@H]2CN(C(=O)[C@H](C(C)(C)C)NC(=O)O[C@@H]3C[C@H]3CCCCC(F)(F)c3nc4ccc(C#N)cc4nc3O2)[C@@H]1C=O. The monoisotopic (exact) mass is 597 g/mol. The molecule has 1 aromatic carbocycles. The van der Waals surface area contributed by atoms with Crippen LogP contribution in [0.4, 0.5) is 13.6 Å². The Morgan fingerprint density at radius 3 is 2.60 bits per heavy atom. The fourth-order valence-corrected chi connectivity index (χ4v) is 6.16. The van der Waals surface area contributed by atoms with E-state index in [0.29, 0.717) is 32.0 Å². The second-order valence-electron chi connectivity index (χ2n) is 12.9. The molecule has 2 bridgehead atoms. The lowest BCUT2D eigenvalue weighted by atomic mass is 9.85. The molecular weight excluding hydrogens is 560 g/mol. The summed E-state index contributed by atoms with van der Waals surface area (Å²) in [6.07, 6.45) is 0.628. The number of nitriles is 1. The van der Waals surface area contributed by atoms with Crippen LogP contribution >= 0.6 is 0 Å². The minimum atomic E-state index is -3.38. The number of nitrogens with one attached hydrogen (secondary N) is 1. The zero-order valence-corrected chi connectivity index (χ0v) is 24.8. The zero-order chi connectivity index (χ0) is 31.1. The highest BCUT2D eigenvalue weighted by Crippen LogP contribution is 2.42. The van der Waals surface area contributed by atoms with E-state index in [1.165, 1.54) is 23.1 Å². The molecule has 2 aliphatic heterocycles. The van der Waals surface area contributed by atoms with Gasteiger partial charge in [0.25, 0.3) is 5.92 Å². The summed E-state index contributed by atoms with van der Waals surface area (Å²) in [4.78, 5) is 49.2. The van der Waals surface area contributed by atoms with Crippen LogP contribution in [-0.2, 0) is 20.2 Å². The second-order valence-corrected chi connectivity index (χ2v) is 12.9. The first-order valence-corrected chi connectivity index (χ1v) is 14.9. The fraction of sp³-hybridized carbons (Fsp3) is 0.613. The van der Waals surface area contributed by atoms with Gasteiger partial charge in [0.15, 0.2) is 5.69 Å². The number of benzene rings is 1. The van der Waals surface area contributed by atoms with Gasteiger partial charge in [-0.3, -0.25) is 4.79 Å². The van der Waals surface area contributed by atoms with E-state index in [1.54, 1.807) is 20.8 Å². The standard InChI is InChI=1S/C31H37F2N5O5/c1-5-19-22(16-39)38-15-24(19)42-27-25(35-20-10-9-17(14-34)12-21(20)36-27)31(32,33)11-7-6-8-18-13-23(18)43-29(41)37-26(28(38)40)30(2,3)4/h9-10,12,16,18-19,22-24,26H,5-8,11,13,15H2,1-4H3,(H,37,41)/t18-,19+,22-,23-,24+,26-/m1/s1. The molecular formula is C31H37F2N5O5. The number of amides is 2. The lowest BCUT2D eigenvalue weighted by Gasteiger charge is -2.34. The molecule has 10 nitrogen and oxygen atoms in total. The molecule has 12 heteroatoms. The number of rotatable bonds is 2. The average molecular weight is 598 g/mol. The van der Waals surface area contributed by atoms with Gasteiger partial charge in [-0.05, 0) is 55.2 Å². The maximum absolute atomic E-state index is 15.8. The third-order valence-corrected chi connectivity index (χ3v) is 8.72. The fourth-order valence-electron chi connectivity index (χ4n) is 6.16. The highest BCUT2D eigenvalue weighted by Gasteiger charge is 2.50. The van der Waals surface area contributed by atoms with Gasteiger partial charge in [-0.1, -0.05) is 34.1 Å². The Hall–Kier alpha value is -3.88. The lowest BCUT2D eigenvalue weighted by molar-refractivity contribution is -0.139. The van der Waals surface area contributed by atoms with Crippen molar-refractivity contribution in [3.63, 3.8) is 0 Å². The Labute approximate surface area is 249 Å². The van der Waals surface area contributed by atoms with Crippen molar-refractivity contribution >= 4 is 29.3 Å². The van der Waals surface area contributed by atoms with Crippen LogP contribution in [0.2, 0.25) is 0 Å². The summed E-state index contributed by atoms with van der Waals surface area (Å²) in [5, 5.41) is 12.1. The first kappa shape index (κ1) is 30.6. The number of hydrogen-bond acceptors (Lipinski definition) is 8. The third-order valence-electron chi connectivity index (χ3n) is 8.72. The predicted octanol–water partition coefficient (Wildman–Crippen LogP) is 4.88. The van der Waals surface area contributed by atoms with Gasteiger partial charge < -0.3 is 24.5 Å². The van der Waals surface area contributed by atoms with Gasteiger partial charge in [0.1, 0.15) is 24.5 Å². The van der Waals surface area contributed by atoms with Gasteiger partial charge in [-0.15, -0.1) is 0 Å². The molecule has 5 rings (SSSR count). The Balaban J connectivity index is 1.58. The van der Waals surface area contributed by atoms with Crippen molar-refractivity contribution in [2.75, 3.05) is 6.54 Å². The molecule has 3 aliphatic rings. The van der Waals surface area contributed by atoms with Crippen LogP contribution in [0.15, 0.2) is 18.2 Å². The van der Waals surface area contributed by atoms with Gasteiger partial charge in [0, 0.05) is 12.3 Å². The number of ether oxygens (including phenoxy) is 2. The van der Waals surface area contributed by atoms with E-state index in [9.17, 15) is 19.6 Å². The van der Waals surface area contributed by atoms with E-state index in [-0.39, 0.29) is 47.5 Å². The van der Waals surface area contributed by atoms with Gasteiger partial charge in [-0.2, -0.15) is 14.0 Å². The van der Waals surface area contributed by atoms with Crippen LogP contribution in [0, 0.1) is 28.6 Å². The third kappa shape index (κ3) is 6.26. The molecule has 1 aliphatic carbocycles. The van der Waals surface area contributed by atoms with Crippen molar-refractivity contribution in [1.29, 1.82) is 5.26 Å². The van der Waals surface area contributed by atoms with Gasteiger partial charge >= 0.3 is 6.09 Å². The van der Waals surface area contributed by atoms with Crippen molar-refractivity contribution in [3.05, 3.63) is 29.5 Å². The molecule has 0 radical (unpaired) electrons. The number of fused-ring (bicyclic) bond motifs is 5. The molecule has 1 saturated carbocycles. The number of halogens is 2. The molecule has 2 amide bonds. The van der Waals surface area contributed by atoms with Crippen LogP contribution in [0.5, 0.6) is 5.88 Å². The number of alkyl halides is 2. The molecule has 2 aromatic rings. The van der Waals surface area contributed by atoms with Crippen molar-refractivity contribution < 1.29 is 32.6 Å². The van der Waals surface area contributed by atoms with Crippen LogP contribution in [0.25, 0.3) is 11.0 Å². The number of hydrogen-bond donors (Lipinski definition) is 1. The summed E-state index contributed by atoms with van der Waals surface area (Å²) in [6.45, 7) is 7.14. The Bertz CT molecular complexity index is 1450. The summed E-state index contributed by atoms with van der Waals surface area (Å²) in [5.74, 6) is -4.72. The first-order chi connectivity index (χ1) is 20.4. The second kappa shape index (κ2) is 11.7. The van der Waals surface area contributed by atoms with Crippen LogP contribution in [0.3, 0.4) is 0 Å². The van der Waals surface area contributed by atoms with E-state index >= 15 is 8.78 Å². The molecule has 2 fully saturated rings. The Morgan fingerprint density at radius 1 is 1.16 bits per heavy atom. The molecule has 43 heavy (non-hydrogen) atoms. The van der Waals surface area contributed by atoms with Gasteiger partial charge in [-0.25, -0.2) is 14.8 Å². The zero-order valence-electron chi connectivity index (χ0n) is 24.8. The lowest BCUT2D eigenvalue weighted by Crippen LogP contribution is -2.56. The Morgan fingerprint density at radius 2 is 1.93 bits per heavy atom. The maximum Gasteiger partial charge on any atom is 0.408 e. The van der Waals surface area contributed by atoms with Crippen molar-refractivity contribution in [3.8, 4) is 11.9 Å². The van der Waals surface area contributed by atoms with Gasteiger partial charge in [0.2, 0.25) is 11.8 Å². The smallest absolute Gasteiger partial charge is 0.408 e. The summed E-state index contributed by atoms with van der Waals surface area (Å²) in [7, 11) is 0. The number of aromatic nitrogens is 2. The highest BCUT2D eigenvalue weighted by atomic mass is 19.3. The minimum absolute atomic E-state index is 0.0693. The van der Waals surface area contributed by atoms with Crippen molar-refractivity contribution in [2.45, 2.75) is 96.4 Å². The number of alkyl carbamates (subject to hydrolysis) is 1. The number of nitrogens with zero attached hydrogens (tertiary/aromatic N) is 4. The predicted molar refractivity (Wildman–Crippen MR) is 151 cm³/mol. The molecule has 0 unspecified atom stereocenters. The quantitative estimate of drug-likeness (QED) is 0.484. The van der Waals surface area contributed by atoms with E-state index in [2.05, 4.69) is 15.3 Å². The van der Waals surface area contributed by atoms with Crippen LogP contribution in [-0.4, -0.2) is 64.0 Å². The summed E-state index contributed by atoms with van der Waals surface area (Å²) in [5.41, 5.74) is -0.634. The molecule has 0 spiro atoms. The summed E-state index contributed by atoms with van der Waals surface area (Å²) >= 11 is 0. The molecule has 1 saturated heterocycles. The maximum atomic E-state index is 15.8. The minimum Gasteiger partial charge on any atom is -0.471 e. The number of carbonyl (C=O) groups is 3. The normalized spacial score (nSPS) is 29.6. The van der Waals surface area contributed by atoms with E-state index in [0.717, 1.165) is 0 Å². The molecule has 230 valence electrons. The van der Waals surface area contributed by atoms with Crippen molar-refractivity contribution in [1.82, 2.24) is 20.2 Å². The Kier molecular flexibility index (Phi) is 8.29. The average Bonchev–Trinajstić information content (AvgIpc) is 3.59. The van der Waals surface area contributed by atoms with E-state index < -0.39 is 59.6 Å². The molecule has 3 heterocycles. The molecule has 1 N–H and O–H groups in total. The van der Waals surface area contributed by atoms with E-state index in [1.807, 2.05) is 13.0 Å². The summed E-state index contributed by atoms with van der Waals surface area (Å²) in [6, 6.07) is 4.51. The number of carbonyl (C=O) groups excluding carboxylic acids is 3. The van der Waals surface area contributed by atoms with Crippen LogP contribution < -0.4 is 10.1 Å². The molecule has 6 atom stereocenters. The molecule has 1 aromatic heterocycles. The number of aldehydes is 1. The van der Waals surface area contributed by atoms with Gasteiger partial charge in [0.05, 0.1) is 35.3 Å².